The van der Waals surface area contributed by atoms with Gasteiger partial charge in [-0.05, 0) is 36.8 Å². The molecule has 0 aliphatic carbocycles. The number of benzene rings is 2. The van der Waals surface area contributed by atoms with E-state index in [4.69, 9.17) is 16.6 Å². The Morgan fingerprint density at radius 1 is 1.17 bits per heavy atom. The van der Waals surface area contributed by atoms with E-state index in [1.54, 1.807) is 11.8 Å². The third-order valence-electron chi connectivity index (χ3n) is 3.90. The highest BCUT2D eigenvalue weighted by molar-refractivity contribution is 7.98. The van der Waals surface area contributed by atoms with Crippen molar-refractivity contribution in [2.45, 2.75) is 28.5 Å². The number of aromatic nitrogens is 2. The zero-order valence-electron chi connectivity index (χ0n) is 13.1. The van der Waals surface area contributed by atoms with E-state index in [9.17, 15) is 0 Å². The summed E-state index contributed by atoms with van der Waals surface area (Å²) in [6.07, 6.45) is 1.98. The smallest absolute Gasteiger partial charge is 0.188 e. The minimum Gasteiger partial charge on any atom is -0.231 e. The Kier molecular flexibility index (Phi) is 4.53. The normalized spacial score (nSPS) is 12.6. The fourth-order valence-electron chi connectivity index (χ4n) is 2.64. The molecule has 0 amide bonds. The van der Waals surface area contributed by atoms with Gasteiger partial charge < -0.3 is 0 Å². The predicted molar refractivity (Wildman–Crippen MR) is 103 cm³/mol. The van der Waals surface area contributed by atoms with E-state index in [-0.39, 0.29) is 0 Å². The first-order chi connectivity index (χ1) is 11.7. The number of hydrogen-bond donors (Lipinski definition) is 0. The Balaban J connectivity index is 1.61. The minimum atomic E-state index is 0.762. The molecule has 0 saturated heterocycles. The lowest BCUT2D eigenvalue weighted by molar-refractivity contribution is 0.946. The van der Waals surface area contributed by atoms with Gasteiger partial charge in [-0.1, -0.05) is 47.1 Å². The molecule has 2 aromatic carbocycles. The number of thioether (sulfide) groups is 2. The van der Waals surface area contributed by atoms with E-state index in [0.717, 1.165) is 27.4 Å². The molecule has 120 valence electrons. The maximum Gasteiger partial charge on any atom is 0.188 e. The van der Waals surface area contributed by atoms with Gasteiger partial charge in [-0.2, -0.15) is 0 Å². The van der Waals surface area contributed by atoms with Crippen LogP contribution in [0.15, 0.2) is 58.7 Å². The minimum absolute atomic E-state index is 0.762. The molecule has 4 rings (SSSR count). The summed E-state index contributed by atoms with van der Waals surface area (Å²) in [5, 5.41) is 1.58. The molecule has 0 unspecified atom stereocenters. The number of fused-ring (bicyclic) bond motifs is 3. The average molecular weight is 371 g/mol. The number of rotatable bonds is 3. The van der Waals surface area contributed by atoms with Crippen LogP contribution in [0.5, 0.6) is 0 Å². The van der Waals surface area contributed by atoms with Gasteiger partial charge in [0.05, 0.1) is 5.69 Å². The van der Waals surface area contributed by atoms with Crippen molar-refractivity contribution in [1.82, 2.24) is 9.97 Å². The molecule has 1 aliphatic rings. The summed E-state index contributed by atoms with van der Waals surface area (Å²) in [5.74, 6) is 1.78. The quantitative estimate of drug-likeness (QED) is 0.417. The standard InChI is InChI=1S/C19H15ClN2S2/c1-12-2-7-17-16(8-12)18-14(11-23-17)9-21-19(22-18)24-10-13-3-5-15(20)6-4-13/h2-9H,10-11H2,1H3. The van der Waals surface area contributed by atoms with Crippen molar-refractivity contribution in [3.05, 3.63) is 70.4 Å². The van der Waals surface area contributed by atoms with Gasteiger partial charge in [0, 0.05) is 38.7 Å². The first kappa shape index (κ1) is 16.0. The number of aryl methyl sites for hydroxylation is 1. The van der Waals surface area contributed by atoms with E-state index in [0.29, 0.717) is 0 Å². The summed E-state index contributed by atoms with van der Waals surface area (Å²) < 4.78 is 0. The summed E-state index contributed by atoms with van der Waals surface area (Å²) in [6.45, 7) is 2.12. The molecule has 0 atom stereocenters. The predicted octanol–water partition coefficient (Wildman–Crippen LogP) is 6.00. The van der Waals surface area contributed by atoms with Gasteiger partial charge >= 0.3 is 0 Å². The van der Waals surface area contributed by atoms with Crippen LogP contribution >= 0.6 is 35.1 Å². The van der Waals surface area contributed by atoms with Gasteiger partial charge in [0.1, 0.15) is 0 Å². The number of hydrogen-bond acceptors (Lipinski definition) is 4. The Labute approximate surface area is 155 Å². The van der Waals surface area contributed by atoms with Crippen LogP contribution in [0, 0.1) is 6.92 Å². The van der Waals surface area contributed by atoms with Crippen molar-refractivity contribution in [2.24, 2.45) is 0 Å². The van der Waals surface area contributed by atoms with Crippen LogP contribution in [0.2, 0.25) is 5.02 Å². The van der Waals surface area contributed by atoms with Gasteiger partial charge in [-0.15, -0.1) is 11.8 Å². The van der Waals surface area contributed by atoms with Crippen LogP contribution in [0.25, 0.3) is 11.3 Å². The van der Waals surface area contributed by atoms with E-state index >= 15 is 0 Å². The molecule has 0 N–H and O–H groups in total. The van der Waals surface area contributed by atoms with Crippen molar-refractivity contribution >= 4 is 35.1 Å². The second-order valence-electron chi connectivity index (χ2n) is 5.73. The molecule has 24 heavy (non-hydrogen) atoms. The van der Waals surface area contributed by atoms with Crippen LogP contribution in [-0.2, 0) is 11.5 Å². The average Bonchev–Trinajstić information content (AvgIpc) is 2.61. The summed E-state index contributed by atoms with van der Waals surface area (Å²) in [4.78, 5) is 10.7. The third kappa shape index (κ3) is 3.32. The largest absolute Gasteiger partial charge is 0.231 e. The Hall–Kier alpha value is -1.49. The van der Waals surface area contributed by atoms with E-state index < -0.39 is 0 Å². The number of nitrogens with zero attached hydrogens (tertiary/aromatic N) is 2. The maximum atomic E-state index is 5.94. The fourth-order valence-corrected chi connectivity index (χ4v) is 4.53. The van der Waals surface area contributed by atoms with Gasteiger partial charge in [0.15, 0.2) is 5.16 Å². The van der Waals surface area contributed by atoms with Crippen molar-refractivity contribution in [3.8, 4) is 11.3 Å². The summed E-state index contributed by atoms with van der Waals surface area (Å²) in [7, 11) is 0. The molecule has 0 fully saturated rings. The van der Waals surface area contributed by atoms with Crippen LogP contribution in [0.3, 0.4) is 0 Å². The fraction of sp³-hybridized carbons (Fsp3) is 0.158. The molecule has 0 radical (unpaired) electrons. The van der Waals surface area contributed by atoms with Crippen molar-refractivity contribution < 1.29 is 0 Å². The SMILES string of the molecule is Cc1ccc2c(c1)-c1nc(SCc3ccc(Cl)cc3)ncc1CS2. The summed E-state index contributed by atoms with van der Waals surface area (Å²) in [5.41, 5.74) is 6.01. The molecule has 2 nitrogen and oxygen atoms in total. The Bertz CT molecular complexity index is 894. The highest BCUT2D eigenvalue weighted by Crippen LogP contribution is 2.41. The van der Waals surface area contributed by atoms with E-state index in [1.807, 2.05) is 42.2 Å². The van der Waals surface area contributed by atoms with Crippen molar-refractivity contribution in [1.29, 1.82) is 0 Å². The highest BCUT2D eigenvalue weighted by Gasteiger charge is 2.19. The molecular weight excluding hydrogens is 356 g/mol. The molecule has 0 saturated carbocycles. The Morgan fingerprint density at radius 3 is 2.83 bits per heavy atom. The lowest BCUT2D eigenvalue weighted by atomic mass is 10.1. The third-order valence-corrected chi connectivity index (χ3v) is 6.20. The van der Waals surface area contributed by atoms with Gasteiger partial charge in [0.25, 0.3) is 0 Å². The van der Waals surface area contributed by atoms with Gasteiger partial charge in [-0.25, -0.2) is 9.97 Å². The molecule has 1 aromatic heterocycles. The zero-order chi connectivity index (χ0) is 16.5. The topological polar surface area (TPSA) is 25.8 Å². The highest BCUT2D eigenvalue weighted by atomic mass is 35.5. The second-order valence-corrected chi connectivity index (χ2v) is 8.13. The van der Waals surface area contributed by atoms with E-state index in [2.05, 4.69) is 30.1 Å². The molecule has 1 aliphatic heterocycles. The molecule has 5 heteroatoms. The van der Waals surface area contributed by atoms with Crippen LogP contribution in [0.4, 0.5) is 0 Å². The molecule has 2 heterocycles. The molecule has 0 spiro atoms. The van der Waals surface area contributed by atoms with Crippen LogP contribution in [0.1, 0.15) is 16.7 Å². The monoisotopic (exact) mass is 370 g/mol. The lowest BCUT2D eigenvalue weighted by Crippen LogP contribution is -2.02. The molecule has 3 aromatic rings. The summed E-state index contributed by atoms with van der Waals surface area (Å²) >= 11 is 9.45. The lowest BCUT2D eigenvalue weighted by Gasteiger charge is -2.19. The Morgan fingerprint density at radius 2 is 2.00 bits per heavy atom. The van der Waals surface area contributed by atoms with Crippen LogP contribution < -0.4 is 0 Å². The summed E-state index contributed by atoms with van der Waals surface area (Å²) in [6, 6.07) is 14.5. The second kappa shape index (κ2) is 6.79. The maximum absolute atomic E-state index is 5.94. The molecular formula is C19H15ClN2S2. The first-order valence-electron chi connectivity index (χ1n) is 7.66. The van der Waals surface area contributed by atoms with Crippen molar-refractivity contribution in [2.75, 3.05) is 0 Å². The van der Waals surface area contributed by atoms with Crippen molar-refractivity contribution in [3.63, 3.8) is 0 Å². The number of halogens is 1. The molecule has 0 bridgehead atoms. The van der Waals surface area contributed by atoms with E-state index in [1.165, 1.54) is 27.1 Å². The van der Waals surface area contributed by atoms with Gasteiger partial charge in [-0.3, -0.25) is 0 Å². The van der Waals surface area contributed by atoms with Crippen LogP contribution in [-0.4, -0.2) is 9.97 Å². The zero-order valence-corrected chi connectivity index (χ0v) is 15.5. The first-order valence-corrected chi connectivity index (χ1v) is 10.0. The van der Waals surface area contributed by atoms with Gasteiger partial charge in [0.2, 0.25) is 0 Å².